The van der Waals surface area contributed by atoms with E-state index in [-0.39, 0.29) is 0 Å². The van der Waals surface area contributed by atoms with Crippen LogP contribution in [-0.2, 0) is 12.8 Å². The van der Waals surface area contributed by atoms with Crippen LogP contribution in [0.25, 0.3) is 0 Å². The summed E-state index contributed by atoms with van der Waals surface area (Å²) in [6.45, 7) is 2.31. The summed E-state index contributed by atoms with van der Waals surface area (Å²) in [7, 11) is 4.36. The molecule has 1 atom stereocenters. The fourth-order valence-electron chi connectivity index (χ4n) is 3.50. The van der Waals surface area contributed by atoms with E-state index in [1.54, 1.807) is 0 Å². The van der Waals surface area contributed by atoms with Crippen LogP contribution in [0.4, 0.5) is 5.82 Å². The van der Waals surface area contributed by atoms with E-state index >= 15 is 0 Å². The highest BCUT2D eigenvalue weighted by molar-refractivity contribution is 6.30. The monoisotopic (exact) mass is 294 g/mol. The quantitative estimate of drug-likeness (QED) is 0.839. The number of likely N-dealkylation sites (N-methyl/N-ethyl adjacent to an activating group) is 2. The van der Waals surface area contributed by atoms with E-state index in [1.165, 1.54) is 43.4 Å². The SMILES string of the molecule is CN1CCC[C@@H](N(C)c2nnc(Cl)c3c2CCCC3)C1. The summed E-state index contributed by atoms with van der Waals surface area (Å²) in [6, 6.07) is 0.537. The van der Waals surface area contributed by atoms with Crippen molar-refractivity contribution in [2.24, 2.45) is 0 Å². The Morgan fingerprint density at radius 2 is 1.90 bits per heavy atom. The first kappa shape index (κ1) is 14.1. The van der Waals surface area contributed by atoms with Crippen LogP contribution in [0.1, 0.15) is 36.8 Å². The molecule has 1 aromatic heterocycles. The molecule has 0 spiro atoms. The largest absolute Gasteiger partial charge is 0.354 e. The number of hydrogen-bond acceptors (Lipinski definition) is 4. The van der Waals surface area contributed by atoms with Gasteiger partial charge in [0.05, 0.1) is 0 Å². The predicted molar refractivity (Wildman–Crippen MR) is 82.6 cm³/mol. The second-order valence-electron chi connectivity index (χ2n) is 6.15. The molecule has 1 aromatic rings. The molecule has 0 saturated carbocycles. The smallest absolute Gasteiger partial charge is 0.155 e. The molecule has 1 aliphatic heterocycles. The summed E-state index contributed by atoms with van der Waals surface area (Å²) in [5.74, 6) is 1.06. The molecular formula is C15H23ClN4. The van der Waals surface area contributed by atoms with Gasteiger partial charge in [-0.3, -0.25) is 0 Å². The Hall–Kier alpha value is -0.870. The first-order valence-electron chi connectivity index (χ1n) is 7.62. The van der Waals surface area contributed by atoms with Gasteiger partial charge in [-0.05, 0) is 57.7 Å². The molecule has 1 fully saturated rings. The summed E-state index contributed by atoms with van der Waals surface area (Å²) in [4.78, 5) is 4.74. The number of fused-ring (bicyclic) bond motifs is 1. The lowest BCUT2D eigenvalue weighted by molar-refractivity contribution is 0.247. The van der Waals surface area contributed by atoms with Crippen molar-refractivity contribution in [2.45, 2.75) is 44.6 Å². The number of aromatic nitrogens is 2. The number of anilines is 1. The maximum atomic E-state index is 6.23. The third-order valence-corrected chi connectivity index (χ3v) is 5.00. The lowest BCUT2D eigenvalue weighted by atomic mass is 9.93. The van der Waals surface area contributed by atoms with Crippen LogP contribution in [0, 0.1) is 0 Å². The molecule has 0 amide bonds. The molecule has 4 nitrogen and oxygen atoms in total. The molecule has 0 unspecified atom stereocenters. The Balaban J connectivity index is 1.89. The Morgan fingerprint density at radius 1 is 1.15 bits per heavy atom. The lowest BCUT2D eigenvalue weighted by Gasteiger charge is -2.37. The first-order valence-corrected chi connectivity index (χ1v) is 8.00. The molecule has 0 aromatic carbocycles. The van der Waals surface area contributed by atoms with E-state index < -0.39 is 0 Å². The van der Waals surface area contributed by atoms with E-state index in [4.69, 9.17) is 11.6 Å². The summed E-state index contributed by atoms with van der Waals surface area (Å²) in [5.41, 5.74) is 2.57. The minimum Gasteiger partial charge on any atom is -0.354 e. The molecule has 110 valence electrons. The average molecular weight is 295 g/mol. The van der Waals surface area contributed by atoms with Crippen molar-refractivity contribution in [3.8, 4) is 0 Å². The minimum absolute atomic E-state index is 0.537. The lowest BCUT2D eigenvalue weighted by Crippen LogP contribution is -2.45. The van der Waals surface area contributed by atoms with Gasteiger partial charge in [-0.15, -0.1) is 10.2 Å². The zero-order valence-electron chi connectivity index (χ0n) is 12.4. The Bertz CT molecular complexity index is 491. The Labute approximate surface area is 126 Å². The third kappa shape index (κ3) is 2.63. The van der Waals surface area contributed by atoms with Gasteiger partial charge in [0.15, 0.2) is 11.0 Å². The van der Waals surface area contributed by atoms with Crippen LogP contribution in [-0.4, -0.2) is 48.3 Å². The van der Waals surface area contributed by atoms with Crippen LogP contribution in [0.2, 0.25) is 5.15 Å². The van der Waals surface area contributed by atoms with Crippen molar-refractivity contribution in [3.63, 3.8) is 0 Å². The molecule has 20 heavy (non-hydrogen) atoms. The number of nitrogens with zero attached hydrogens (tertiary/aromatic N) is 4. The van der Waals surface area contributed by atoms with Gasteiger partial charge in [0.25, 0.3) is 0 Å². The number of halogens is 1. The van der Waals surface area contributed by atoms with Crippen LogP contribution in [0.3, 0.4) is 0 Å². The van der Waals surface area contributed by atoms with Gasteiger partial charge in [-0.1, -0.05) is 11.6 Å². The van der Waals surface area contributed by atoms with Crippen molar-refractivity contribution in [1.82, 2.24) is 15.1 Å². The molecule has 2 heterocycles. The van der Waals surface area contributed by atoms with Crippen LogP contribution < -0.4 is 4.90 Å². The fourth-order valence-corrected chi connectivity index (χ4v) is 3.75. The predicted octanol–water partition coefficient (Wildman–Crippen LogP) is 2.54. The topological polar surface area (TPSA) is 32.3 Å². The molecule has 1 aliphatic carbocycles. The van der Waals surface area contributed by atoms with Gasteiger partial charge in [-0.25, -0.2) is 0 Å². The van der Waals surface area contributed by atoms with Gasteiger partial charge in [0, 0.05) is 25.2 Å². The number of likely N-dealkylation sites (tertiary alicyclic amines) is 1. The Morgan fingerprint density at radius 3 is 2.65 bits per heavy atom. The zero-order valence-corrected chi connectivity index (χ0v) is 13.2. The van der Waals surface area contributed by atoms with Crippen molar-refractivity contribution in [2.75, 3.05) is 32.1 Å². The van der Waals surface area contributed by atoms with Crippen molar-refractivity contribution >= 4 is 17.4 Å². The normalized spacial score (nSPS) is 23.4. The second kappa shape index (κ2) is 5.86. The second-order valence-corrected chi connectivity index (χ2v) is 6.51. The average Bonchev–Trinajstić information content (AvgIpc) is 2.47. The summed E-state index contributed by atoms with van der Waals surface area (Å²) >= 11 is 6.23. The van der Waals surface area contributed by atoms with E-state index in [9.17, 15) is 0 Å². The van der Waals surface area contributed by atoms with Gasteiger partial charge in [0.1, 0.15) is 0 Å². The van der Waals surface area contributed by atoms with Crippen LogP contribution in [0.5, 0.6) is 0 Å². The molecule has 0 radical (unpaired) electrons. The first-order chi connectivity index (χ1) is 9.66. The molecule has 1 saturated heterocycles. The zero-order chi connectivity index (χ0) is 14.1. The highest BCUT2D eigenvalue weighted by Gasteiger charge is 2.26. The molecular weight excluding hydrogens is 272 g/mol. The maximum absolute atomic E-state index is 6.23. The third-order valence-electron chi connectivity index (χ3n) is 4.70. The van der Waals surface area contributed by atoms with Gasteiger partial charge >= 0.3 is 0 Å². The highest BCUT2D eigenvalue weighted by atomic mass is 35.5. The highest BCUT2D eigenvalue weighted by Crippen LogP contribution is 2.33. The van der Waals surface area contributed by atoms with Crippen LogP contribution >= 0.6 is 11.6 Å². The number of rotatable bonds is 2. The summed E-state index contributed by atoms with van der Waals surface area (Å²) in [5, 5.41) is 9.21. The fraction of sp³-hybridized carbons (Fsp3) is 0.733. The standard InChI is InChI=1S/C15H23ClN4/c1-19-9-5-6-11(10-19)20(2)15-13-8-4-3-7-12(13)14(16)17-18-15/h11H,3-10H2,1-2H3/t11-/m1/s1. The van der Waals surface area contributed by atoms with Crippen molar-refractivity contribution < 1.29 is 0 Å². The molecule has 5 heteroatoms. The summed E-state index contributed by atoms with van der Waals surface area (Å²) < 4.78 is 0. The van der Waals surface area contributed by atoms with E-state index in [2.05, 4.69) is 34.1 Å². The molecule has 2 aliphatic rings. The molecule has 3 rings (SSSR count). The van der Waals surface area contributed by atoms with Crippen molar-refractivity contribution in [3.05, 3.63) is 16.3 Å². The van der Waals surface area contributed by atoms with E-state index in [0.717, 1.165) is 25.2 Å². The van der Waals surface area contributed by atoms with E-state index in [0.29, 0.717) is 11.2 Å². The van der Waals surface area contributed by atoms with Crippen molar-refractivity contribution in [1.29, 1.82) is 0 Å². The molecule has 0 bridgehead atoms. The number of piperidine rings is 1. The minimum atomic E-state index is 0.537. The van der Waals surface area contributed by atoms with Gasteiger partial charge in [0.2, 0.25) is 0 Å². The van der Waals surface area contributed by atoms with Crippen LogP contribution in [0.15, 0.2) is 0 Å². The summed E-state index contributed by atoms with van der Waals surface area (Å²) in [6.07, 6.45) is 7.09. The van der Waals surface area contributed by atoms with E-state index in [1.807, 2.05) is 0 Å². The number of hydrogen-bond donors (Lipinski definition) is 0. The maximum Gasteiger partial charge on any atom is 0.155 e. The molecule has 0 N–H and O–H groups in total. The van der Waals surface area contributed by atoms with Gasteiger partial charge in [-0.2, -0.15) is 0 Å². The van der Waals surface area contributed by atoms with Gasteiger partial charge < -0.3 is 9.80 Å². The Kier molecular flexibility index (Phi) is 4.13.